The average Bonchev–Trinajstić information content (AvgIpc) is 2.84. The lowest BCUT2D eigenvalue weighted by Gasteiger charge is -2.26. The average molecular weight is 455 g/mol. The van der Waals surface area contributed by atoms with Crippen LogP contribution in [-0.2, 0) is 4.79 Å². The number of hydrogen-bond acceptors (Lipinski definition) is 5. The zero-order chi connectivity index (χ0) is 22.3. The number of hydrogen-bond donors (Lipinski definition) is 1. The Morgan fingerprint density at radius 3 is 2.44 bits per heavy atom. The third-order valence-corrected chi connectivity index (χ3v) is 6.13. The van der Waals surface area contributed by atoms with Gasteiger partial charge in [-0.3, -0.25) is 4.79 Å². The summed E-state index contributed by atoms with van der Waals surface area (Å²) in [5.41, 5.74) is 1.02. The third kappa shape index (κ3) is 9.79. The van der Waals surface area contributed by atoms with Crippen LogP contribution in [0.3, 0.4) is 0 Å². The van der Waals surface area contributed by atoms with Crippen LogP contribution in [0.5, 0.6) is 11.5 Å². The van der Waals surface area contributed by atoms with E-state index in [4.69, 9.17) is 9.47 Å². The molecule has 1 N–H and O–H groups in total. The van der Waals surface area contributed by atoms with E-state index in [9.17, 15) is 4.79 Å². The molecular formula is C26H34N2O3S. The molecule has 1 fully saturated rings. The lowest BCUT2D eigenvalue weighted by Crippen LogP contribution is -2.31. The van der Waals surface area contributed by atoms with Crippen LogP contribution in [0.4, 0.5) is 0 Å². The molecule has 0 aromatic heterocycles. The fourth-order valence-electron chi connectivity index (χ4n) is 3.51. The Labute approximate surface area is 196 Å². The summed E-state index contributed by atoms with van der Waals surface area (Å²) in [5.74, 6) is 2.91. The summed E-state index contributed by atoms with van der Waals surface area (Å²) in [6.07, 6.45) is 8.68. The first-order chi connectivity index (χ1) is 15.8. The van der Waals surface area contributed by atoms with E-state index in [1.165, 1.54) is 32.4 Å². The molecule has 32 heavy (non-hydrogen) atoms. The van der Waals surface area contributed by atoms with Crippen molar-refractivity contribution in [1.82, 2.24) is 10.2 Å². The minimum atomic E-state index is -0.0142. The highest BCUT2D eigenvalue weighted by molar-refractivity contribution is 7.99. The minimum Gasteiger partial charge on any atom is -0.494 e. The Morgan fingerprint density at radius 2 is 1.66 bits per heavy atom. The van der Waals surface area contributed by atoms with Crippen molar-refractivity contribution < 1.29 is 14.3 Å². The molecule has 1 saturated heterocycles. The number of rotatable bonds is 13. The topological polar surface area (TPSA) is 50.8 Å². The number of ether oxygens (including phenoxy) is 2. The van der Waals surface area contributed by atoms with E-state index in [-0.39, 0.29) is 5.91 Å². The fourth-order valence-corrected chi connectivity index (χ4v) is 4.12. The molecule has 0 spiro atoms. The number of likely N-dealkylation sites (tertiary alicyclic amines) is 1. The molecule has 1 amide bonds. The maximum absolute atomic E-state index is 11.9. The Morgan fingerprint density at radius 1 is 0.938 bits per heavy atom. The van der Waals surface area contributed by atoms with Crippen LogP contribution in [0.25, 0.3) is 6.08 Å². The lowest BCUT2D eigenvalue weighted by atomic mass is 10.1. The molecule has 0 saturated carbocycles. The predicted molar refractivity (Wildman–Crippen MR) is 133 cm³/mol. The van der Waals surface area contributed by atoms with Crippen LogP contribution >= 0.6 is 11.8 Å². The molecule has 6 heteroatoms. The van der Waals surface area contributed by atoms with Crippen molar-refractivity contribution in [3.8, 4) is 11.5 Å². The van der Waals surface area contributed by atoms with Crippen molar-refractivity contribution >= 4 is 23.7 Å². The molecule has 1 heterocycles. The second-order valence-corrected chi connectivity index (χ2v) is 8.89. The van der Waals surface area contributed by atoms with Gasteiger partial charge in [0.1, 0.15) is 11.5 Å². The van der Waals surface area contributed by atoms with E-state index in [1.54, 1.807) is 18.0 Å². The van der Waals surface area contributed by atoms with Gasteiger partial charge >= 0.3 is 0 Å². The number of thioether (sulfide) groups is 1. The first-order valence-electron chi connectivity index (χ1n) is 11.5. The maximum Gasteiger partial charge on any atom is 0.233 e. The molecule has 172 valence electrons. The molecule has 2 aromatic carbocycles. The van der Waals surface area contributed by atoms with Crippen LogP contribution in [0.1, 0.15) is 31.2 Å². The van der Waals surface area contributed by atoms with Crippen LogP contribution in [-0.4, -0.2) is 55.2 Å². The molecule has 0 atom stereocenters. The van der Waals surface area contributed by atoms with Crippen LogP contribution in [0.2, 0.25) is 0 Å². The monoisotopic (exact) mass is 454 g/mol. The van der Waals surface area contributed by atoms with Crippen molar-refractivity contribution in [3.05, 3.63) is 66.4 Å². The van der Waals surface area contributed by atoms with E-state index in [2.05, 4.69) is 10.2 Å². The summed E-state index contributed by atoms with van der Waals surface area (Å²) < 4.78 is 11.5. The highest BCUT2D eigenvalue weighted by atomic mass is 32.2. The van der Waals surface area contributed by atoms with Crippen molar-refractivity contribution in [2.24, 2.45) is 0 Å². The number of piperidine rings is 1. The molecule has 0 unspecified atom stereocenters. The standard InChI is InChI=1S/C26H34N2O3S/c29-26(22-32-21-20-31-24-8-3-1-4-9-24)27-15-14-23-10-12-25(13-11-23)30-19-7-18-28-16-5-2-6-17-28/h1,3-4,8-15H,2,5-7,16-22H2,(H,27,29)/b15-14+. The largest absolute Gasteiger partial charge is 0.494 e. The van der Waals surface area contributed by atoms with E-state index in [0.29, 0.717) is 12.4 Å². The minimum absolute atomic E-state index is 0.0142. The number of benzene rings is 2. The predicted octanol–water partition coefficient (Wildman–Crippen LogP) is 4.84. The molecule has 3 rings (SSSR count). The summed E-state index contributed by atoms with van der Waals surface area (Å²) in [6.45, 7) is 4.93. The van der Waals surface area contributed by atoms with Gasteiger partial charge in [0.25, 0.3) is 0 Å². The Hall–Kier alpha value is -2.44. The number of carbonyl (C=O) groups excluding carboxylic acids is 1. The molecule has 0 aliphatic carbocycles. The van der Waals surface area contributed by atoms with Gasteiger partial charge in [0.2, 0.25) is 5.91 Å². The molecular weight excluding hydrogens is 420 g/mol. The van der Waals surface area contributed by atoms with Gasteiger partial charge < -0.3 is 19.7 Å². The SMILES string of the molecule is O=C(CSCCOc1ccccc1)N/C=C/c1ccc(OCCCN2CCCCC2)cc1. The van der Waals surface area contributed by atoms with Gasteiger partial charge in [-0.05, 0) is 68.3 Å². The maximum atomic E-state index is 11.9. The van der Waals surface area contributed by atoms with Gasteiger partial charge in [-0.1, -0.05) is 36.8 Å². The summed E-state index contributed by atoms with van der Waals surface area (Å²) in [6, 6.07) is 17.7. The zero-order valence-corrected chi connectivity index (χ0v) is 19.5. The van der Waals surface area contributed by atoms with Crippen molar-refractivity contribution in [3.63, 3.8) is 0 Å². The van der Waals surface area contributed by atoms with Crippen LogP contribution in [0, 0.1) is 0 Å². The normalized spacial score (nSPS) is 14.4. The van der Waals surface area contributed by atoms with Crippen molar-refractivity contribution in [1.29, 1.82) is 0 Å². The smallest absolute Gasteiger partial charge is 0.233 e. The van der Waals surface area contributed by atoms with Gasteiger partial charge in [0.15, 0.2) is 0 Å². The second kappa shape index (κ2) is 14.6. The summed E-state index contributed by atoms with van der Waals surface area (Å²) in [4.78, 5) is 14.5. The van der Waals surface area contributed by atoms with Crippen LogP contribution < -0.4 is 14.8 Å². The first kappa shape index (κ1) is 24.2. The van der Waals surface area contributed by atoms with E-state index in [0.717, 1.165) is 42.4 Å². The Bertz CT molecular complexity index is 806. The fraction of sp³-hybridized carbons (Fsp3) is 0.423. The molecule has 2 aromatic rings. The number of amides is 1. The van der Waals surface area contributed by atoms with Gasteiger partial charge in [0, 0.05) is 18.5 Å². The lowest BCUT2D eigenvalue weighted by molar-refractivity contribution is -0.117. The Kier molecular flexibility index (Phi) is 11.0. The molecule has 1 aliphatic heterocycles. The number of para-hydroxylation sites is 1. The third-order valence-electron chi connectivity index (χ3n) is 5.21. The van der Waals surface area contributed by atoms with Crippen molar-refractivity contribution in [2.45, 2.75) is 25.7 Å². The summed E-state index contributed by atoms with van der Waals surface area (Å²) in [5, 5.41) is 2.81. The Balaban J connectivity index is 1.23. The zero-order valence-electron chi connectivity index (χ0n) is 18.7. The first-order valence-corrected chi connectivity index (χ1v) is 12.6. The van der Waals surface area contributed by atoms with Gasteiger partial charge in [-0.25, -0.2) is 0 Å². The highest BCUT2D eigenvalue weighted by Crippen LogP contribution is 2.14. The van der Waals surface area contributed by atoms with Crippen LogP contribution in [0.15, 0.2) is 60.8 Å². The van der Waals surface area contributed by atoms with Crippen molar-refractivity contribution in [2.75, 3.05) is 44.4 Å². The quantitative estimate of drug-likeness (QED) is 0.439. The molecule has 0 bridgehead atoms. The van der Waals surface area contributed by atoms with Gasteiger partial charge in [-0.2, -0.15) is 0 Å². The van der Waals surface area contributed by atoms with E-state index < -0.39 is 0 Å². The van der Waals surface area contributed by atoms with Gasteiger partial charge in [0.05, 0.1) is 19.0 Å². The summed E-state index contributed by atoms with van der Waals surface area (Å²) in [7, 11) is 0. The summed E-state index contributed by atoms with van der Waals surface area (Å²) >= 11 is 1.56. The van der Waals surface area contributed by atoms with Gasteiger partial charge in [-0.15, -0.1) is 11.8 Å². The number of nitrogens with one attached hydrogen (secondary N) is 1. The highest BCUT2D eigenvalue weighted by Gasteiger charge is 2.09. The second-order valence-electron chi connectivity index (χ2n) is 7.79. The molecule has 5 nitrogen and oxygen atoms in total. The van der Waals surface area contributed by atoms with E-state index in [1.807, 2.05) is 60.7 Å². The number of nitrogens with zero attached hydrogens (tertiary/aromatic N) is 1. The number of carbonyl (C=O) groups is 1. The van der Waals surface area contributed by atoms with E-state index >= 15 is 0 Å². The molecule has 0 radical (unpaired) electrons. The molecule has 1 aliphatic rings.